The average molecular weight is 683 g/mol. The predicted octanol–water partition coefficient (Wildman–Crippen LogP) is 4.49. The van der Waals surface area contributed by atoms with E-state index in [2.05, 4.69) is 15.8 Å². The number of carbonyl (C=O) groups is 5. The summed E-state index contributed by atoms with van der Waals surface area (Å²) in [5.41, 5.74) is 1.22. The molecule has 0 bridgehead atoms. The van der Waals surface area contributed by atoms with Crippen molar-refractivity contribution in [2.75, 3.05) is 6.54 Å². The molecule has 1 saturated heterocycles. The van der Waals surface area contributed by atoms with Crippen LogP contribution in [0.3, 0.4) is 0 Å². The van der Waals surface area contributed by atoms with Crippen LogP contribution in [0.15, 0.2) is 65.8 Å². The number of aliphatic carboxylic acids is 1. The fourth-order valence-corrected chi connectivity index (χ4v) is 7.76. The van der Waals surface area contributed by atoms with Crippen molar-refractivity contribution in [2.24, 2.45) is 11.1 Å². The lowest BCUT2D eigenvalue weighted by atomic mass is 9.84. The zero-order valence-corrected chi connectivity index (χ0v) is 27.8. The molecular weight excluding hydrogens is 640 g/mol. The number of nitrogens with zero attached hydrogens (tertiary/aromatic N) is 2. The number of amides is 3. The number of hydrogen-bond acceptors (Lipinski definition) is 8. The van der Waals surface area contributed by atoms with Crippen molar-refractivity contribution in [3.8, 4) is 0 Å². The lowest BCUT2D eigenvalue weighted by molar-refractivity contribution is -0.145. The molecule has 3 aliphatic carbocycles. The van der Waals surface area contributed by atoms with Crippen molar-refractivity contribution in [1.82, 2.24) is 15.5 Å². The van der Waals surface area contributed by atoms with Crippen molar-refractivity contribution in [3.05, 3.63) is 82.9 Å². The Labute approximate surface area is 290 Å². The Morgan fingerprint density at radius 1 is 0.880 bits per heavy atom. The second kappa shape index (κ2) is 14.1. The van der Waals surface area contributed by atoms with E-state index in [0.717, 1.165) is 44.9 Å². The molecule has 12 nitrogen and oxygen atoms in total. The van der Waals surface area contributed by atoms with E-state index in [0.29, 0.717) is 40.8 Å². The number of oxime groups is 1. The molecule has 5 atom stereocenters. The number of hydrogen-bond donors (Lipinski definition) is 3. The maximum absolute atomic E-state index is 14.3. The third-order valence-corrected chi connectivity index (χ3v) is 10.6. The highest BCUT2D eigenvalue weighted by atomic mass is 16.6. The van der Waals surface area contributed by atoms with Crippen LogP contribution in [0.4, 0.5) is 4.79 Å². The zero-order valence-electron chi connectivity index (χ0n) is 27.8. The summed E-state index contributed by atoms with van der Waals surface area (Å²) in [6, 6.07) is 12.3. The monoisotopic (exact) mass is 682 g/mol. The van der Waals surface area contributed by atoms with Crippen molar-refractivity contribution >= 4 is 35.4 Å². The number of carboxylic acids is 1. The van der Waals surface area contributed by atoms with Gasteiger partial charge < -0.3 is 30.2 Å². The highest BCUT2D eigenvalue weighted by Gasteiger charge is 2.61. The minimum absolute atomic E-state index is 0.0187. The number of alkyl carbamates (subject to hydrolysis) is 1. The smallest absolute Gasteiger partial charge is 0.408 e. The number of ketones is 1. The highest BCUT2D eigenvalue weighted by molar-refractivity contribution is 6.29. The van der Waals surface area contributed by atoms with E-state index in [1.54, 1.807) is 36.4 Å². The summed E-state index contributed by atoms with van der Waals surface area (Å²) in [5, 5.41) is 20.2. The SMILES string of the molecule is O=C(N[C@@H]1CCCCC/C=C\[C@H]2C[C@]2(C(=O)O)NC(=O)[C@@H]2C[C@@H](ON=C3c4ccccc4C(=O)c4ccccc43)CN2C1=O)OC1CCCC1. The van der Waals surface area contributed by atoms with E-state index >= 15 is 0 Å². The molecule has 0 unspecified atom stereocenters. The van der Waals surface area contributed by atoms with Gasteiger partial charge in [0.2, 0.25) is 11.8 Å². The Bertz CT molecular complexity index is 1700. The van der Waals surface area contributed by atoms with Crippen LogP contribution in [0.25, 0.3) is 0 Å². The second-order valence-electron chi connectivity index (χ2n) is 14.0. The van der Waals surface area contributed by atoms with E-state index in [1.807, 2.05) is 24.3 Å². The van der Waals surface area contributed by atoms with E-state index in [4.69, 9.17) is 9.57 Å². The van der Waals surface area contributed by atoms with Gasteiger partial charge in [0.15, 0.2) is 5.78 Å². The molecule has 2 aliphatic heterocycles. The molecule has 2 heterocycles. The molecule has 2 saturated carbocycles. The Morgan fingerprint density at radius 3 is 2.22 bits per heavy atom. The van der Waals surface area contributed by atoms with E-state index < -0.39 is 47.6 Å². The van der Waals surface area contributed by atoms with E-state index in [1.165, 1.54) is 4.90 Å². The minimum atomic E-state index is -1.45. The number of carbonyl (C=O) groups excluding carboxylic acids is 4. The molecule has 12 heteroatoms. The van der Waals surface area contributed by atoms with Gasteiger partial charge in [-0.3, -0.25) is 14.4 Å². The average Bonchev–Trinajstić information content (AvgIpc) is 3.39. The van der Waals surface area contributed by atoms with Gasteiger partial charge in [0.1, 0.15) is 35.5 Å². The van der Waals surface area contributed by atoms with Crippen LogP contribution in [0.5, 0.6) is 0 Å². The van der Waals surface area contributed by atoms with Crippen molar-refractivity contribution in [2.45, 2.75) is 100 Å². The maximum Gasteiger partial charge on any atom is 0.408 e. The van der Waals surface area contributed by atoms with Crippen molar-refractivity contribution in [1.29, 1.82) is 0 Å². The van der Waals surface area contributed by atoms with Crippen LogP contribution in [-0.2, 0) is 24.0 Å². The summed E-state index contributed by atoms with van der Waals surface area (Å²) in [5.74, 6) is -2.66. The Balaban J connectivity index is 1.17. The Morgan fingerprint density at radius 2 is 1.54 bits per heavy atom. The van der Waals surface area contributed by atoms with Gasteiger partial charge in [0.25, 0.3) is 0 Å². The quantitative estimate of drug-likeness (QED) is 0.262. The van der Waals surface area contributed by atoms with Gasteiger partial charge in [-0.2, -0.15) is 0 Å². The number of benzene rings is 2. The number of rotatable bonds is 5. The van der Waals surface area contributed by atoms with Gasteiger partial charge in [-0.1, -0.05) is 78.7 Å². The summed E-state index contributed by atoms with van der Waals surface area (Å²) in [6.07, 6.45) is 9.47. The van der Waals surface area contributed by atoms with Crippen LogP contribution in [-0.4, -0.2) is 81.8 Å². The molecule has 2 aromatic carbocycles. The lowest BCUT2D eigenvalue weighted by Crippen LogP contribution is -2.56. The Kier molecular flexibility index (Phi) is 9.44. The number of carboxylic acid groups (broad SMARTS) is 1. The molecule has 3 fully saturated rings. The molecule has 3 N–H and O–H groups in total. The first-order valence-electron chi connectivity index (χ1n) is 17.7. The normalized spacial score (nSPS) is 28.8. The fraction of sp³-hybridized carbons (Fsp3) is 0.474. The summed E-state index contributed by atoms with van der Waals surface area (Å²) in [6.45, 7) is -0.0187. The standard InChI is InChI=1S/C38H42N4O8/c43-33-28-17-10-8-15-26(28)32(27-16-9-11-18-29(27)33)41-50-25-20-31-34(44)40-38(36(46)47)21-23(38)12-4-2-1-3-5-19-30(35(45)42(31)22-25)39-37(48)49-24-13-6-7-14-24/h4,8-12,15-18,23-25,30-31H,1-3,5-7,13-14,19-22H2,(H,39,48)(H,40,44)(H,46,47)/b12-4-/t23-,25+,30+,31-,38-/m0/s1. The molecule has 3 amide bonds. The number of ether oxygens (including phenoxy) is 1. The summed E-state index contributed by atoms with van der Waals surface area (Å²) < 4.78 is 5.63. The lowest BCUT2D eigenvalue weighted by Gasteiger charge is -2.29. The Hall–Kier alpha value is -5.00. The summed E-state index contributed by atoms with van der Waals surface area (Å²) in [4.78, 5) is 74.4. The van der Waals surface area contributed by atoms with Gasteiger partial charge >= 0.3 is 12.1 Å². The van der Waals surface area contributed by atoms with E-state index in [9.17, 15) is 29.1 Å². The second-order valence-corrected chi connectivity index (χ2v) is 14.0. The van der Waals surface area contributed by atoms with Gasteiger partial charge in [-0.25, -0.2) is 9.59 Å². The third-order valence-electron chi connectivity index (χ3n) is 10.6. The first-order valence-corrected chi connectivity index (χ1v) is 17.7. The van der Waals surface area contributed by atoms with Gasteiger partial charge in [-0.05, 0) is 51.4 Å². The van der Waals surface area contributed by atoms with Crippen LogP contribution >= 0.6 is 0 Å². The molecule has 0 aromatic heterocycles. The minimum Gasteiger partial charge on any atom is -0.479 e. The fourth-order valence-electron chi connectivity index (χ4n) is 7.76. The topological polar surface area (TPSA) is 164 Å². The van der Waals surface area contributed by atoms with Crippen LogP contribution in [0, 0.1) is 5.92 Å². The molecule has 7 rings (SSSR count). The van der Waals surface area contributed by atoms with Crippen LogP contribution in [0.2, 0.25) is 0 Å². The molecule has 2 aromatic rings. The van der Waals surface area contributed by atoms with Gasteiger partial charge in [0.05, 0.1) is 6.54 Å². The highest BCUT2D eigenvalue weighted by Crippen LogP contribution is 2.45. The van der Waals surface area contributed by atoms with E-state index in [-0.39, 0.29) is 37.2 Å². The zero-order chi connectivity index (χ0) is 34.8. The summed E-state index contributed by atoms with van der Waals surface area (Å²) >= 11 is 0. The van der Waals surface area contributed by atoms with Crippen LogP contribution < -0.4 is 10.6 Å². The molecule has 5 aliphatic rings. The van der Waals surface area contributed by atoms with Crippen molar-refractivity contribution < 1.29 is 38.7 Å². The number of nitrogens with one attached hydrogen (secondary N) is 2. The number of fused-ring (bicyclic) bond motifs is 4. The largest absolute Gasteiger partial charge is 0.479 e. The van der Waals surface area contributed by atoms with Crippen molar-refractivity contribution in [3.63, 3.8) is 0 Å². The molecule has 262 valence electrons. The molecular formula is C38H42N4O8. The summed E-state index contributed by atoms with van der Waals surface area (Å²) in [7, 11) is 0. The first-order chi connectivity index (χ1) is 24.2. The number of allylic oxidation sites excluding steroid dienone is 1. The molecule has 0 spiro atoms. The molecule has 0 radical (unpaired) electrons. The third kappa shape index (κ3) is 6.63. The predicted molar refractivity (Wildman–Crippen MR) is 181 cm³/mol. The van der Waals surface area contributed by atoms with Crippen LogP contribution in [0.1, 0.15) is 97.7 Å². The first kappa shape index (κ1) is 33.5. The maximum atomic E-state index is 14.3. The molecule has 50 heavy (non-hydrogen) atoms. The van der Waals surface area contributed by atoms with Gasteiger partial charge in [0, 0.05) is 34.6 Å². The van der Waals surface area contributed by atoms with Gasteiger partial charge in [-0.15, -0.1) is 0 Å².